The molecule has 6 nitrogen and oxygen atoms in total. The minimum Gasteiger partial charge on any atom is -0.496 e. The summed E-state index contributed by atoms with van der Waals surface area (Å²) in [6, 6.07) is 3.11. The van der Waals surface area contributed by atoms with Crippen LogP contribution < -0.4 is 15.8 Å². The molecule has 110 valence electrons. The molecule has 0 bridgehead atoms. The van der Waals surface area contributed by atoms with Gasteiger partial charge in [0.25, 0.3) is 5.91 Å². The maximum Gasteiger partial charge on any atom is 0.329 e. The third kappa shape index (κ3) is 3.33. The maximum absolute atomic E-state index is 12.3. The van der Waals surface area contributed by atoms with Crippen molar-refractivity contribution in [2.75, 3.05) is 12.8 Å². The molecule has 0 spiro atoms. The zero-order valence-corrected chi connectivity index (χ0v) is 13.6. The van der Waals surface area contributed by atoms with Gasteiger partial charge in [-0.05, 0) is 42.0 Å². The zero-order chi connectivity index (χ0) is 15.5. The smallest absolute Gasteiger partial charge is 0.329 e. The van der Waals surface area contributed by atoms with Crippen molar-refractivity contribution in [2.45, 2.75) is 25.8 Å². The van der Waals surface area contributed by atoms with Gasteiger partial charge in [0.1, 0.15) is 11.3 Å². The second-order valence-corrected chi connectivity index (χ2v) is 5.68. The lowest BCUT2D eigenvalue weighted by Crippen LogP contribution is -2.51. The number of carbonyl (C=O) groups excluding carboxylic acids is 1. The number of amides is 1. The van der Waals surface area contributed by atoms with Gasteiger partial charge in [0.05, 0.1) is 12.7 Å². The van der Waals surface area contributed by atoms with Gasteiger partial charge in [0, 0.05) is 15.3 Å². The fourth-order valence-corrected chi connectivity index (χ4v) is 1.99. The molecular formula is C13H17IN2O4. The molecule has 0 heterocycles. The molecule has 0 aliphatic heterocycles. The highest BCUT2D eigenvalue weighted by Crippen LogP contribution is 2.27. The number of rotatable bonds is 5. The average Bonchev–Trinajstić information content (AvgIpc) is 2.40. The molecule has 0 radical (unpaired) electrons. The topological polar surface area (TPSA) is 102 Å². The molecule has 1 aromatic carbocycles. The second-order valence-electron chi connectivity index (χ2n) is 4.52. The normalized spacial score (nSPS) is 13.4. The SMILES string of the molecule is CCC(C)(NC(=O)c1cc(I)c(N)cc1OC)C(=O)O. The third-order valence-electron chi connectivity index (χ3n) is 3.13. The Bertz CT molecular complexity index is 547. The average molecular weight is 392 g/mol. The minimum atomic E-state index is -1.32. The second kappa shape index (κ2) is 6.29. The molecule has 20 heavy (non-hydrogen) atoms. The molecule has 1 aromatic rings. The predicted molar refractivity (Wildman–Crippen MR) is 83.9 cm³/mol. The highest BCUT2D eigenvalue weighted by atomic mass is 127. The van der Waals surface area contributed by atoms with Gasteiger partial charge in [-0.1, -0.05) is 6.92 Å². The number of methoxy groups -OCH3 is 1. The van der Waals surface area contributed by atoms with Gasteiger partial charge in [-0.2, -0.15) is 0 Å². The van der Waals surface area contributed by atoms with E-state index in [1.165, 1.54) is 14.0 Å². The van der Waals surface area contributed by atoms with Crippen molar-refractivity contribution in [3.05, 3.63) is 21.3 Å². The molecule has 0 saturated carbocycles. The van der Waals surface area contributed by atoms with Gasteiger partial charge in [-0.15, -0.1) is 0 Å². The van der Waals surface area contributed by atoms with Crippen molar-refractivity contribution in [1.82, 2.24) is 5.32 Å². The van der Waals surface area contributed by atoms with E-state index in [9.17, 15) is 14.7 Å². The van der Waals surface area contributed by atoms with Gasteiger partial charge in [0.2, 0.25) is 0 Å². The number of nitrogens with two attached hydrogens (primary N) is 1. The highest BCUT2D eigenvalue weighted by molar-refractivity contribution is 14.1. The molecule has 1 amide bonds. The van der Waals surface area contributed by atoms with Crippen LogP contribution in [0.25, 0.3) is 0 Å². The van der Waals surface area contributed by atoms with Gasteiger partial charge < -0.3 is 20.9 Å². The molecule has 0 fully saturated rings. The quantitative estimate of drug-likeness (QED) is 0.525. The number of ether oxygens (including phenoxy) is 1. The lowest BCUT2D eigenvalue weighted by Gasteiger charge is -2.25. The summed E-state index contributed by atoms with van der Waals surface area (Å²) in [5.41, 5.74) is 5.18. The summed E-state index contributed by atoms with van der Waals surface area (Å²) in [7, 11) is 1.43. The Labute approximate surface area is 130 Å². The fraction of sp³-hybridized carbons (Fsp3) is 0.385. The molecule has 0 aliphatic rings. The van der Waals surface area contributed by atoms with E-state index < -0.39 is 17.4 Å². The van der Waals surface area contributed by atoms with E-state index in [0.717, 1.165) is 0 Å². The number of carboxylic acid groups (broad SMARTS) is 1. The monoisotopic (exact) mass is 392 g/mol. The Kier molecular flexibility index (Phi) is 5.21. The van der Waals surface area contributed by atoms with Crippen LogP contribution in [0.15, 0.2) is 12.1 Å². The van der Waals surface area contributed by atoms with Gasteiger partial charge in [-0.25, -0.2) is 4.79 Å². The zero-order valence-electron chi connectivity index (χ0n) is 11.5. The van der Waals surface area contributed by atoms with Crippen LogP contribution in [0.4, 0.5) is 5.69 Å². The van der Waals surface area contributed by atoms with Crippen LogP contribution in [0.2, 0.25) is 0 Å². The Balaban J connectivity index is 3.15. The summed E-state index contributed by atoms with van der Waals surface area (Å²) in [6.45, 7) is 3.15. The van der Waals surface area contributed by atoms with E-state index >= 15 is 0 Å². The van der Waals surface area contributed by atoms with Crippen molar-refractivity contribution >= 4 is 40.2 Å². The van der Waals surface area contributed by atoms with E-state index in [-0.39, 0.29) is 12.0 Å². The number of carbonyl (C=O) groups is 2. The summed E-state index contributed by atoms with van der Waals surface area (Å²) in [4.78, 5) is 23.5. The van der Waals surface area contributed by atoms with Crippen LogP contribution in [0.3, 0.4) is 0 Å². The minimum absolute atomic E-state index is 0.257. The summed E-state index contributed by atoms with van der Waals surface area (Å²) in [6.07, 6.45) is 0.266. The summed E-state index contributed by atoms with van der Waals surface area (Å²) in [5.74, 6) is -1.28. The molecule has 7 heteroatoms. The summed E-state index contributed by atoms with van der Waals surface area (Å²) >= 11 is 2.00. The molecular weight excluding hydrogens is 375 g/mol. The Morgan fingerprint density at radius 2 is 2.10 bits per heavy atom. The summed E-state index contributed by atoms with van der Waals surface area (Å²) in [5, 5.41) is 11.7. The highest BCUT2D eigenvalue weighted by Gasteiger charge is 2.33. The number of hydrogen-bond donors (Lipinski definition) is 3. The van der Waals surface area contributed by atoms with E-state index in [1.807, 2.05) is 22.6 Å². The van der Waals surface area contributed by atoms with E-state index in [4.69, 9.17) is 10.5 Å². The maximum atomic E-state index is 12.3. The Hall–Kier alpha value is -1.51. The van der Waals surface area contributed by atoms with E-state index in [2.05, 4.69) is 5.32 Å². The fourth-order valence-electron chi connectivity index (χ4n) is 1.53. The Morgan fingerprint density at radius 1 is 1.50 bits per heavy atom. The van der Waals surface area contributed by atoms with Crippen LogP contribution in [0.1, 0.15) is 30.6 Å². The molecule has 0 saturated heterocycles. The largest absolute Gasteiger partial charge is 0.496 e. The molecule has 1 rings (SSSR count). The number of carboxylic acids is 1. The van der Waals surface area contributed by atoms with E-state index in [0.29, 0.717) is 15.0 Å². The van der Waals surface area contributed by atoms with Crippen LogP contribution in [-0.2, 0) is 4.79 Å². The van der Waals surface area contributed by atoms with Crippen LogP contribution in [-0.4, -0.2) is 29.6 Å². The van der Waals surface area contributed by atoms with E-state index in [1.54, 1.807) is 19.1 Å². The molecule has 1 unspecified atom stereocenters. The van der Waals surface area contributed by atoms with Crippen molar-refractivity contribution in [1.29, 1.82) is 0 Å². The van der Waals surface area contributed by atoms with Crippen molar-refractivity contribution in [3.8, 4) is 5.75 Å². The molecule has 4 N–H and O–H groups in total. The van der Waals surface area contributed by atoms with Crippen LogP contribution in [0.5, 0.6) is 5.75 Å². The van der Waals surface area contributed by atoms with Gasteiger partial charge in [0.15, 0.2) is 0 Å². The first-order valence-electron chi connectivity index (χ1n) is 5.94. The number of hydrogen-bond acceptors (Lipinski definition) is 4. The first-order valence-corrected chi connectivity index (χ1v) is 7.02. The number of nitrogen functional groups attached to an aromatic ring is 1. The molecule has 1 atom stereocenters. The number of aliphatic carboxylic acids is 1. The number of benzene rings is 1. The number of anilines is 1. The van der Waals surface area contributed by atoms with Crippen molar-refractivity contribution in [3.63, 3.8) is 0 Å². The summed E-state index contributed by atoms with van der Waals surface area (Å²) < 4.78 is 5.82. The standard InChI is InChI=1S/C13H17IN2O4/c1-4-13(2,12(18)19)16-11(17)7-5-8(14)9(15)6-10(7)20-3/h5-6H,4,15H2,1-3H3,(H,16,17)(H,18,19). The van der Waals surface area contributed by atoms with Crippen molar-refractivity contribution < 1.29 is 19.4 Å². The van der Waals surface area contributed by atoms with Gasteiger partial charge >= 0.3 is 5.97 Å². The number of nitrogens with one attached hydrogen (secondary N) is 1. The first-order chi connectivity index (χ1) is 9.25. The van der Waals surface area contributed by atoms with Crippen molar-refractivity contribution in [2.24, 2.45) is 0 Å². The first kappa shape index (κ1) is 16.5. The molecule has 0 aliphatic carbocycles. The van der Waals surface area contributed by atoms with Crippen LogP contribution >= 0.6 is 22.6 Å². The number of halogens is 1. The Morgan fingerprint density at radius 3 is 2.55 bits per heavy atom. The van der Waals surface area contributed by atoms with Gasteiger partial charge in [-0.3, -0.25) is 4.79 Å². The predicted octanol–water partition coefficient (Wildman–Crippen LogP) is 1.87. The van der Waals surface area contributed by atoms with Crippen LogP contribution in [0, 0.1) is 3.57 Å². The lowest BCUT2D eigenvalue weighted by molar-refractivity contribution is -0.143. The third-order valence-corrected chi connectivity index (χ3v) is 4.07. The molecule has 0 aromatic heterocycles. The lowest BCUT2D eigenvalue weighted by atomic mass is 9.98.